The van der Waals surface area contributed by atoms with Crippen LogP contribution in [0, 0.1) is 6.92 Å². The van der Waals surface area contributed by atoms with Crippen molar-refractivity contribution in [3.8, 4) is 11.3 Å². The molecule has 7 rings (SSSR count). The topological polar surface area (TPSA) is 95.2 Å². The molecule has 5 heterocycles. The van der Waals surface area contributed by atoms with Gasteiger partial charge in [0.1, 0.15) is 5.52 Å². The van der Waals surface area contributed by atoms with Gasteiger partial charge < -0.3 is 19.2 Å². The first kappa shape index (κ1) is 24.0. The summed E-state index contributed by atoms with van der Waals surface area (Å²) in [5.74, 6) is 0.646. The van der Waals surface area contributed by atoms with E-state index in [-0.39, 0.29) is 12.1 Å². The normalized spacial score (nSPS) is 18.1. The molecule has 1 atom stereocenters. The van der Waals surface area contributed by atoms with E-state index in [0.717, 1.165) is 72.5 Å². The average Bonchev–Trinajstić information content (AvgIpc) is 3.62. The third-order valence-electron chi connectivity index (χ3n) is 8.20. The Kier molecular flexibility index (Phi) is 5.88. The lowest BCUT2D eigenvalue weighted by Crippen LogP contribution is -2.52. The summed E-state index contributed by atoms with van der Waals surface area (Å²) in [6, 6.07) is 14.7. The van der Waals surface area contributed by atoms with Crippen LogP contribution in [0.1, 0.15) is 35.6 Å². The number of benzene rings is 2. The minimum atomic E-state index is 0.00684. The number of H-pyrrole nitrogens is 1. The molecule has 2 aromatic carbocycles. The first-order valence-corrected chi connectivity index (χ1v) is 13.8. The van der Waals surface area contributed by atoms with Crippen LogP contribution in [-0.2, 0) is 26.6 Å². The number of para-hydroxylation sites is 1. The van der Waals surface area contributed by atoms with Crippen LogP contribution in [0.3, 0.4) is 0 Å². The molecule has 1 unspecified atom stereocenters. The fourth-order valence-corrected chi connectivity index (χ4v) is 6.27. The fraction of sp³-hybridized carbons (Fsp3) is 0.367. The molecule has 0 saturated carbocycles. The number of hydrogen-bond acceptors (Lipinski definition) is 5. The number of carbonyl (C=O) groups is 1. The van der Waals surface area contributed by atoms with E-state index in [1.165, 1.54) is 16.5 Å². The van der Waals surface area contributed by atoms with Crippen LogP contribution in [0.15, 0.2) is 53.1 Å². The van der Waals surface area contributed by atoms with Crippen LogP contribution in [0.2, 0.25) is 0 Å². The molecular formula is C30H33N7O2. The molecule has 39 heavy (non-hydrogen) atoms. The fourth-order valence-electron chi connectivity index (χ4n) is 6.27. The van der Waals surface area contributed by atoms with Crippen LogP contribution < -0.4 is 5.32 Å². The molecule has 200 valence electrons. The number of hydrogen-bond donors (Lipinski definition) is 2. The van der Waals surface area contributed by atoms with Crippen molar-refractivity contribution in [2.24, 2.45) is 7.05 Å². The molecular weight excluding hydrogens is 490 g/mol. The number of rotatable bonds is 4. The molecule has 2 aliphatic rings. The van der Waals surface area contributed by atoms with Gasteiger partial charge in [-0.25, -0.2) is 9.78 Å². The van der Waals surface area contributed by atoms with Crippen molar-refractivity contribution < 1.29 is 9.21 Å². The molecule has 3 aromatic heterocycles. The van der Waals surface area contributed by atoms with Crippen molar-refractivity contribution >= 4 is 28.0 Å². The van der Waals surface area contributed by atoms with E-state index in [1.54, 1.807) is 0 Å². The van der Waals surface area contributed by atoms with Gasteiger partial charge in [0.2, 0.25) is 0 Å². The summed E-state index contributed by atoms with van der Waals surface area (Å²) < 4.78 is 7.83. The molecule has 2 aliphatic heterocycles. The number of oxazole rings is 1. The predicted molar refractivity (Wildman–Crippen MR) is 150 cm³/mol. The van der Waals surface area contributed by atoms with Crippen LogP contribution in [0.5, 0.6) is 0 Å². The third-order valence-corrected chi connectivity index (χ3v) is 8.20. The summed E-state index contributed by atoms with van der Waals surface area (Å²) >= 11 is 0. The van der Waals surface area contributed by atoms with Gasteiger partial charge in [-0.2, -0.15) is 5.10 Å². The zero-order chi connectivity index (χ0) is 26.5. The van der Waals surface area contributed by atoms with Crippen molar-refractivity contribution in [3.05, 3.63) is 71.4 Å². The Bertz CT molecular complexity index is 1680. The minimum absolute atomic E-state index is 0.00684. The molecule has 9 nitrogen and oxygen atoms in total. The SMILES string of the molecule is Cc1nc2cc(-c3n[nH]c4c3CN(C(=O)NC3CCCN(Cc5cn(C)c6ccccc56)C3)CC4)ccc2o1. The second-order valence-corrected chi connectivity index (χ2v) is 10.9. The highest BCUT2D eigenvalue weighted by molar-refractivity contribution is 5.84. The number of piperidine rings is 1. The summed E-state index contributed by atoms with van der Waals surface area (Å²) in [5, 5.41) is 12.5. The van der Waals surface area contributed by atoms with Crippen molar-refractivity contribution in [3.63, 3.8) is 0 Å². The summed E-state index contributed by atoms with van der Waals surface area (Å²) in [7, 11) is 2.11. The van der Waals surface area contributed by atoms with E-state index in [0.29, 0.717) is 19.0 Å². The molecule has 1 fully saturated rings. The van der Waals surface area contributed by atoms with Crippen molar-refractivity contribution in [2.45, 2.75) is 45.3 Å². The lowest BCUT2D eigenvalue weighted by atomic mass is 10.0. The number of nitrogens with zero attached hydrogens (tertiary/aromatic N) is 5. The van der Waals surface area contributed by atoms with Gasteiger partial charge in [-0.3, -0.25) is 10.00 Å². The maximum absolute atomic E-state index is 13.4. The molecule has 2 N–H and O–H groups in total. The molecule has 9 heteroatoms. The van der Waals surface area contributed by atoms with E-state index < -0.39 is 0 Å². The van der Waals surface area contributed by atoms with Gasteiger partial charge in [0.25, 0.3) is 0 Å². The van der Waals surface area contributed by atoms with Gasteiger partial charge in [-0.15, -0.1) is 0 Å². The lowest BCUT2D eigenvalue weighted by Gasteiger charge is -2.35. The Balaban J connectivity index is 1.03. The highest BCUT2D eigenvalue weighted by Crippen LogP contribution is 2.31. The zero-order valence-electron chi connectivity index (χ0n) is 22.4. The van der Waals surface area contributed by atoms with E-state index >= 15 is 0 Å². The maximum Gasteiger partial charge on any atom is 0.317 e. The number of aromatic nitrogens is 4. The second kappa shape index (κ2) is 9.57. The summed E-state index contributed by atoms with van der Waals surface area (Å²) in [6.45, 7) is 5.87. The van der Waals surface area contributed by atoms with Crippen molar-refractivity contribution in [2.75, 3.05) is 19.6 Å². The smallest absolute Gasteiger partial charge is 0.317 e. The van der Waals surface area contributed by atoms with Gasteiger partial charge in [-0.05, 0) is 49.2 Å². The number of aromatic amines is 1. The number of likely N-dealkylation sites (tertiary alicyclic amines) is 1. The first-order valence-electron chi connectivity index (χ1n) is 13.8. The van der Waals surface area contributed by atoms with Gasteiger partial charge >= 0.3 is 6.03 Å². The molecule has 5 aromatic rings. The minimum Gasteiger partial charge on any atom is -0.441 e. The number of urea groups is 1. The monoisotopic (exact) mass is 523 g/mol. The molecule has 0 spiro atoms. The number of nitrogens with one attached hydrogen (secondary N) is 2. The predicted octanol–water partition coefficient (Wildman–Crippen LogP) is 4.75. The second-order valence-electron chi connectivity index (χ2n) is 10.9. The lowest BCUT2D eigenvalue weighted by molar-refractivity contribution is 0.160. The maximum atomic E-state index is 13.4. The number of fused-ring (bicyclic) bond motifs is 3. The summed E-state index contributed by atoms with van der Waals surface area (Å²) in [4.78, 5) is 22.3. The highest BCUT2D eigenvalue weighted by atomic mass is 16.3. The van der Waals surface area contributed by atoms with E-state index in [1.807, 2.05) is 30.0 Å². The third kappa shape index (κ3) is 4.46. The Morgan fingerprint density at radius 1 is 1.21 bits per heavy atom. The molecule has 2 amide bonds. The van der Waals surface area contributed by atoms with Crippen LogP contribution in [0.25, 0.3) is 33.3 Å². The largest absolute Gasteiger partial charge is 0.441 e. The molecule has 1 saturated heterocycles. The van der Waals surface area contributed by atoms with Crippen LogP contribution in [0.4, 0.5) is 4.79 Å². The quantitative estimate of drug-likeness (QED) is 0.355. The van der Waals surface area contributed by atoms with Crippen molar-refractivity contribution in [1.82, 2.24) is 34.9 Å². The Morgan fingerprint density at radius 3 is 3.03 bits per heavy atom. The van der Waals surface area contributed by atoms with Crippen molar-refractivity contribution in [1.29, 1.82) is 0 Å². The number of carbonyl (C=O) groups excluding carboxylic acids is 1. The van der Waals surface area contributed by atoms with E-state index in [4.69, 9.17) is 4.42 Å². The van der Waals surface area contributed by atoms with Gasteiger partial charge in [0.05, 0.1) is 12.2 Å². The first-order chi connectivity index (χ1) is 19.0. The Morgan fingerprint density at radius 2 is 2.10 bits per heavy atom. The number of aryl methyl sites for hydroxylation is 2. The average molecular weight is 524 g/mol. The Hall–Kier alpha value is -4.11. The van der Waals surface area contributed by atoms with E-state index in [2.05, 4.69) is 67.5 Å². The van der Waals surface area contributed by atoms with E-state index in [9.17, 15) is 4.79 Å². The van der Waals surface area contributed by atoms with Gasteiger partial charge in [-0.1, -0.05) is 18.2 Å². The standard InChI is InChI=1S/C30H33N7O2/c1-19-31-26-14-20(9-10-28(26)39-19)29-24-18-37(13-11-25(24)33-34-29)30(38)32-22-6-5-12-36(17-22)16-21-15-35(2)27-8-4-3-7-23(21)27/h3-4,7-10,14-15,22H,5-6,11-13,16-18H2,1-2H3,(H,32,38)(H,33,34). The molecule has 0 bridgehead atoms. The zero-order valence-corrected chi connectivity index (χ0v) is 22.4. The van der Waals surface area contributed by atoms with Gasteiger partial charge in [0, 0.05) is 80.0 Å². The van der Waals surface area contributed by atoms with Crippen LogP contribution >= 0.6 is 0 Å². The summed E-state index contributed by atoms with van der Waals surface area (Å²) in [5.41, 5.74) is 8.22. The van der Waals surface area contributed by atoms with Gasteiger partial charge in [0.15, 0.2) is 11.5 Å². The van der Waals surface area contributed by atoms with Crippen LogP contribution in [-0.4, -0.2) is 61.3 Å². The highest BCUT2D eigenvalue weighted by Gasteiger charge is 2.29. The molecule has 0 radical (unpaired) electrons. The molecule has 0 aliphatic carbocycles. The number of amides is 2. The summed E-state index contributed by atoms with van der Waals surface area (Å²) in [6.07, 6.45) is 5.09. The Labute approximate surface area is 226 Å².